The molecule has 1 rings (SSSR count). The minimum absolute atomic E-state index is 0.0509. The molecule has 0 radical (unpaired) electrons. The maximum atomic E-state index is 11.8. The molecule has 4 heteroatoms. The highest BCUT2D eigenvalue weighted by atomic mass is 16.3. The van der Waals surface area contributed by atoms with Gasteiger partial charge in [-0.05, 0) is 31.9 Å². The number of amides is 1. The Kier molecular flexibility index (Phi) is 5.92. The van der Waals surface area contributed by atoms with E-state index in [9.17, 15) is 4.79 Å². The van der Waals surface area contributed by atoms with E-state index in [1.165, 1.54) is 0 Å². The normalized spacial score (nSPS) is 14.5. The zero-order valence-corrected chi connectivity index (χ0v) is 11.7. The smallest absolute Gasteiger partial charge is 0.236 e. The molecule has 1 aromatic heterocycles. The van der Waals surface area contributed by atoms with Gasteiger partial charge in [-0.25, -0.2) is 0 Å². The molecule has 0 spiro atoms. The predicted octanol–water partition coefficient (Wildman–Crippen LogP) is 1.96. The van der Waals surface area contributed by atoms with Gasteiger partial charge < -0.3 is 15.1 Å². The summed E-state index contributed by atoms with van der Waals surface area (Å²) >= 11 is 0. The molecule has 1 aromatic rings. The van der Waals surface area contributed by atoms with Crippen molar-refractivity contribution in [1.29, 1.82) is 0 Å². The minimum Gasteiger partial charge on any atom is -0.469 e. The third kappa shape index (κ3) is 5.36. The highest BCUT2D eigenvalue weighted by molar-refractivity contribution is 5.81. The number of rotatable bonds is 7. The van der Waals surface area contributed by atoms with Crippen molar-refractivity contribution in [2.45, 2.75) is 46.2 Å². The summed E-state index contributed by atoms with van der Waals surface area (Å²) in [5.41, 5.74) is 0. The van der Waals surface area contributed by atoms with Crippen LogP contribution in [0.5, 0.6) is 0 Å². The molecule has 0 saturated carbocycles. The van der Waals surface area contributed by atoms with E-state index in [1.54, 1.807) is 6.26 Å². The van der Waals surface area contributed by atoms with Crippen LogP contribution in [-0.2, 0) is 11.2 Å². The first-order chi connectivity index (χ1) is 8.49. The van der Waals surface area contributed by atoms with E-state index in [0.717, 1.165) is 18.7 Å². The van der Waals surface area contributed by atoms with Crippen LogP contribution in [0.15, 0.2) is 22.8 Å². The number of furan rings is 1. The predicted molar refractivity (Wildman–Crippen MR) is 72.3 cm³/mol. The summed E-state index contributed by atoms with van der Waals surface area (Å²) in [7, 11) is 0. The summed E-state index contributed by atoms with van der Waals surface area (Å²) in [6, 6.07) is 3.84. The van der Waals surface area contributed by atoms with Crippen molar-refractivity contribution in [2.24, 2.45) is 5.92 Å². The van der Waals surface area contributed by atoms with Crippen LogP contribution in [0.4, 0.5) is 0 Å². The van der Waals surface area contributed by atoms with Crippen molar-refractivity contribution in [3.05, 3.63) is 24.2 Å². The summed E-state index contributed by atoms with van der Waals surface area (Å²) in [5.74, 6) is 1.46. The largest absolute Gasteiger partial charge is 0.469 e. The maximum absolute atomic E-state index is 11.8. The number of nitrogens with one attached hydrogen (secondary N) is 2. The molecule has 0 aromatic carbocycles. The van der Waals surface area contributed by atoms with Gasteiger partial charge in [-0.2, -0.15) is 0 Å². The maximum Gasteiger partial charge on any atom is 0.236 e. The van der Waals surface area contributed by atoms with Gasteiger partial charge in [0.25, 0.3) is 0 Å². The second kappa shape index (κ2) is 7.21. The number of carbonyl (C=O) groups is 1. The average molecular weight is 252 g/mol. The Morgan fingerprint density at radius 3 is 2.61 bits per heavy atom. The standard InChI is InChI=1S/C14H24N2O2/c1-10(2)9-15-14(17)12(4)16-11(3)8-13-6-5-7-18-13/h5-7,10-12,16H,8-9H2,1-4H3,(H,15,17). The molecular formula is C14H24N2O2. The number of hydrogen-bond acceptors (Lipinski definition) is 3. The van der Waals surface area contributed by atoms with Crippen LogP contribution < -0.4 is 10.6 Å². The summed E-state index contributed by atoms with van der Waals surface area (Å²) in [4.78, 5) is 11.8. The highest BCUT2D eigenvalue weighted by Crippen LogP contribution is 2.04. The molecule has 0 aliphatic heterocycles. The lowest BCUT2D eigenvalue weighted by atomic mass is 10.1. The molecule has 2 unspecified atom stereocenters. The number of carbonyl (C=O) groups excluding carboxylic acids is 1. The zero-order valence-electron chi connectivity index (χ0n) is 11.7. The molecule has 1 heterocycles. The van der Waals surface area contributed by atoms with Crippen molar-refractivity contribution < 1.29 is 9.21 Å². The van der Waals surface area contributed by atoms with Crippen LogP contribution in [-0.4, -0.2) is 24.5 Å². The first kappa shape index (κ1) is 14.8. The van der Waals surface area contributed by atoms with E-state index in [4.69, 9.17) is 4.42 Å². The molecule has 0 aliphatic carbocycles. The molecular weight excluding hydrogens is 228 g/mol. The van der Waals surface area contributed by atoms with Gasteiger partial charge in [-0.1, -0.05) is 13.8 Å². The molecule has 0 fully saturated rings. The van der Waals surface area contributed by atoms with Crippen LogP contribution in [0.2, 0.25) is 0 Å². The lowest BCUT2D eigenvalue weighted by molar-refractivity contribution is -0.123. The SMILES string of the molecule is CC(C)CNC(=O)C(C)NC(C)Cc1ccco1. The number of hydrogen-bond donors (Lipinski definition) is 2. The van der Waals surface area contributed by atoms with Crippen molar-refractivity contribution in [1.82, 2.24) is 10.6 Å². The van der Waals surface area contributed by atoms with Crippen LogP contribution in [0, 0.1) is 5.92 Å². The van der Waals surface area contributed by atoms with Gasteiger partial charge in [-0.15, -0.1) is 0 Å². The second-order valence-electron chi connectivity index (χ2n) is 5.21. The average Bonchev–Trinajstić information content (AvgIpc) is 2.78. The monoisotopic (exact) mass is 252 g/mol. The Morgan fingerprint density at radius 1 is 1.33 bits per heavy atom. The Labute approximate surface area is 109 Å². The van der Waals surface area contributed by atoms with Gasteiger partial charge in [0.15, 0.2) is 0 Å². The molecule has 0 aliphatic rings. The molecule has 102 valence electrons. The first-order valence-corrected chi connectivity index (χ1v) is 6.55. The fourth-order valence-electron chi connectivity index (χ4n) is 1.75. The van der Waals surface area contributed by atoms with E-state index in [2.05, 4.69) is 31.4 Å². The third-order valence-corrected chi connectivity index (χ3v) is 2.70. The van der Waals surface area contributed by atoms with E-state index in [1.807, 2.05) is 19.1 Å². The zero-order chi connectivity index (χ0) is 13.5. The molecule has 0 bridgehead atoms. The van der Waals surface area contributed by atoms with E-state index in [0.29, 0.717) is 5.92 Å². The topological polar surface area (TPSA) is 54.3 Å². The first-order valence-electron chi connectivity index (χ1n) is 6.55. The second-order valence-corrected chi connectivity index (χ2v) is 5.21. The molecule has 2 atom stereocenters. The Bertz CT molecular complexity index is 347. The summed E-state index contributed by atoms with van der Waals surface area (Å²) in [6.45, 7) is 8.82. The Hall–Kier alpha value is -1.29. The summed E-state index contributed by atoms with van der Waals surface area (Å²) < 4.78 is 5.28. The lowest BCUT2D eigenvalue weighted by Crippen LogP contribution is -2.47. The lowest BCUT2D eigenvalue weighted by Gasteiger charge is -2.19. The van der Waals surface area contributed by atoms with E-state index in [-0.39, 0.29) is 18.0 Å². The molecule has 4 nitrogen and oxygen atoms in total. The van der Waals surface area contributed by atoms with E-state index < -0.39 is 0 Å². The quantitative estimate of drug-likeness (QED) is 0.780. The van der Waals surface area contributed by atoms with E-state index >= 15 is 0 Å². The molecule has 1 amide bonds. The van der Waals surface area contributed by atoms with Gasteiger partial charge in [0, 0.05) is 19.0 Å². The van der Waals surface area contributed by atoms with Crippen molar-refractivity contribution >= 4 is 5.91 Å². The van der Waals surface area contributed by atoms with Crippen molar-refractivity contribution in [3.63, 3.8) is 0 Å². The Balaban J connectivity index is 2.30. The van der Waals surface area contributed by atoms with Gasteiger partial charge in [-0.3, -0.25) is 4.79 Å². The fourth-order valence-corrected chi connectivity index (χ4v) is 1.75. The fraction of sp³-hybridized carbons (Fsp3) is 0.643. The highest BCUT2D eigenvalue weighted by Gasteiger charge is 2.15. The van der Waals surface area contributed by atoms with Crippen molar-refractivity contribution in [3.8, 4) is 0 Å². The van der Waals surface area contributed by atoms with Gasteiger partial charge >= 0.3 is 0 Å². The molecule has 2 N–H and O–H groups in total. The summed E-state index contributed by atoms with van der Waals surface area (Å²) in [5, 5.41) is 6.19. The van der Waals surface area contributed by atoms with Crippen LogP contribution in [0.25, 0.3) is 0 Å². The van der Waals surface area contributed by atoms with Gasteiger partial charge in [0.05, 0.1) is 12.3 Å². The van der Waals surface area contributed by atoms with Crippen molar-refractivity contribution in [2.75, 3.05) is 6.54 Å². The Morgan fingerprint density at radius 2 is 2.06 bits per heavy atom. The minimum atomic E-state index is -0.186. The molecule has 0 saturated heterocycles. The summed E-state index contributed by atoms with van der Waals surface area (Å²) in [6.07, 6.45) is 2.45. The van der Waals surface area contributed by atoms with Gasteiger partial charge in [0.1, 0.15) is 5.76 Å². The van der Waals surface area contributed by atoms with Crippen LogP contribution in [0.3, 0.4) is 0 Å². The third-order valence-electron chi connectivity index (χ3n) is 2.70. The van der Waals surface area contributed by atoms with Crippen LogP contribution in [0.1, 0.15) is 33.5 Å². The van der Waals surface area contributed by atoms with Crippen LogP contribution >= 0.6 is 0 Å². The molecule has 18 heavy (non-hydrogen) atoms. The van der Waals surface area contributed by atoms with Gasteiger partial charge in [0.2, 0.25) is 5.91 Å².